The van der Waals surface area contributed by atoms with Crippen molar-refractivity contribution in [3.63, 3.8) is 0 Å². The van der Waals surface area contributed by atoms with Crippen molar-refractivity contribution in [1.82, 2.24) is 14.8 Å². The average Bonchev–Trinajstić information content (AvgIpc) is 3.22. The van der Waals surface area contributed by atoms with E-state index in [1.807, 2.05) is 48.5 Å². The minimum atomic E-state index is -3.22. The molecule has 10 nitrogen and oxygen atoms in total. The lowest BCUT2D eigenvalue weighted by atomic mass is 9.72. The fraction of sp³-hybridized carbons (Fsp3) is 0.561. The van der Waals surface area contributed by atoms with Crippen LogP contribution >= 0.6 is 85.3 Å². The number of nitrogens with zero attached hydrogens (tertiary/aromatic N) is 4. The van der Waals surface area contributed by atoms with Crippen LogP contribution in [0.5, 0.6) is 11.5 Å². The molecule has 0 saturated carbocycles. The second-order valence-corrected chi connectivity index (χ2v) is 24.5. The average molecular weight is 977 g/mol. The van der Waals surface area contributed by atoms with E-state index in [1.54, 1.807) is 20.4 Å². The number of aliphatic hydroxyl groups is 2. The molecule has 10 atom stereocenters. The molecule has 0 aliphatic carbocycles. The lowest BCUT2D eigenvalue weighted by Gasteiger charge is -2.51. The molecule has 4 aromatic rings. The Balaban J connectivity index is 0.000000186. The van der Waals surface area contributed by atoms with Crippen LogP contribution in [0.2, 0.25) is 5.15 Å². The Morgan fingerprint density at radius 1 is 0.797 bits per heavy atom. The Hall–Kier alpha value is -1.24. The topological polar surface area (TPSA) is 119 Å². The van der Waals surface area contributed by atoms with E-state index in [9.17, 15) is 20.0 Å². The molecule has 2 aromatic carbocycles. The molecule has 4 bridgehead atoms. The first-order chi connectivity index (χ1) is 28.0. The highest BCUT2D eigenvalue weighted by molar-refractivity contribution is 8.24. The Bertz CT molecular complexity index is 2060. The van der Waals surface area contributed by atoms with Gasteiger partial charge in [-0.15, -0.1) is 0 Å². The van der Waals surface area contributed by atoms with Gasteiger partial charge in [-0.05, 0) is 138 Å². The minimum absolute atomic E-state index is 0.158. The smallest absolute Gasteiger partial charge is 0.339 e. The van der Waals surface area contributed by atoms with Gasteiger partial charge in [0.2, 0.25) is 6.20 Å². The molecule has 59 heavy (non-hydrogen) atoms. The largest absolute Gasteiger partial charge is 0.497 e. The van der Waals surface area contributed by atoms with Gasteiger partial charge in [-0.1, -0.05) is 73.1 Å². The number of rotatable bonds is 8. The number of aromatic nitrogens is 2. The van der Waals surface area contributed by atoms with Crippen molar-refractivity contribution in [3.05, 3.63) is 71.0 Å². The zero-order valence-corrected chi connectivity index (χ0v) is 39.6. The van der Waals surface area contributed by atoms with Crippen LogP contribution in [0, 0.1) is 23.7 Å². The SMILES string of the molecule is CCC1CN2CCC1CC2[C@@H](O)c1cc(Cl)nc2ccc(OC)cc12.CCC1CN2CCC1CC2[C@@H](O)c1cc[n+](O)c2ccc(OC)cc12.ClC(Cl)Cl.O=P(Cl)(Cl)Cl. The zero-order chi connectivity index (χ0) is 43.2. The molecule has 6 fully saturated rings. The third-order valence-electron chi connectivity index (χ3n) is 12.5. The summed E-state index contributed by atoms with van der Waals surface area (Å²) in [7, 11) is 3.28. The number of fused-ring (bicyclic) bond motifs is 8. The van der Waals surface area contributed by atoms with Crippen molar-refractivity contribution < 1.29 is 34.2 Å². The molecule has 326 valence electrons. The van der Waals surface area contributed by atoms with Crippen LogP contribution in [0.25, 0.3) is 21.8 Å². The summed E-state index contributed by atoms with van der Waals surface area (Å²) in [6, 6.07) is 15.2. The number of ether oxygens (including phenoxy) is 2. The van der Waals surface area contributed by atoms with Crippen molar-refractivity contribution >= 4 is 107 Å². The molecule has 0 amide bonds. The number of methoxy groups -OCH3 is 2. The van der Waals surface area contributed by atoms with Gasteiger partial charge in [0.05, 0.1) is 37.3 Å². The maximum Gasteiger partial charge on any atom is 0.339 e. The van der Waals surface area contributed by atoms with Crippen LogP contribution in [-0.4, -0.2) is 87.0 Å². The summed E-state index contributed by atoms with van der Waals surface area (Å²) in [5, 5.41) is 31.5. The maximum absolute atomic E-state index is 11.2. The number of hydrogen-bond acceptors (Lipinski definition) is 9. The molecule has 18 heteroatoms. The van der Waals surface area contributed by atoms with Crippen molar-refractivity contribution in [2.45, 2.75) is 81.0 Å². The van der Waals surface area contributed by atoms with Crippen molar-refractivity contribution in [3.8, 4) is 11.5 Å². The van der Waals surface area contributed by atoms with Gasteiger partial charge in [0.15, 0.2) is 4.30 Å². The van der Waals surface area contributed by atoms with Gasteiger partial charge in [-0.2, -0.15) is 0 Å². The van der Waals surface area contributed by atoms with Gasteiger partial charge in [0.25, 0.3) is 5.52 Å². The van der Waals surface area contributed by atoms with E-state index in [1.165, 1.54) is 25.7 Å². The fourth-order valence-corrected chi connectivity index (χ4v) is 9.79. The third kappa shape index (κ3) is 12.7. The Morgan fingerprint density at radius 3 is 1.73 bits per heavy atom. The number of halogens is 7. The first-order valence-corrected chi connectivity index (χ1v) is 25.9. The molecule has 0 spiro atoms. The molecule has 6 aliphatic rings. The number of pyridine rings is 2. The van der Waals surface area contributed by atoms with E-state index < -0.39 is 21.7 Å². The lowest BCUT2D eigenvalue weighted by Crippen LogP contribution is -2.55. The van der Waals surface area contributed by atoms with Crippen LogP contribution in [0.1, 0.15) is 75.7 Å². The molecule has 10 rings (SSSR count). The number of alkyl halides is 3. The second-order valence-electron chi connectivity index (χ2n) is 15.5. The monoisotopic (exact) mass is 973 g/mol. The summed E-state index contributed by atoms with van der Waals surface area (Å²) in [4.78, 5) is 9.33. The van der Waals surface area contributed by atoms with Gasteiger partial charge in [-0.3, -0.25) is 19.6 Å². The summed E-state index contributed by atoms with van der Waals surface area (Å²) in [6.45, 7) is 8.91. The molecular formula is C41H53Cl7N4O6P+. The molecule has 6 saturated heterocycles. The summed E-state index contributed by atoms with van der Waals surface area (Å²) in [6.07, 6.45) is 7.57. The maximum atomic E-state index is 11.2. The van der Waals surface area contributed by atoms with Gasteiger partial charge < -0.3 is 19.7 Å². The molecule has 6 aliphatic heterocycles. The summed E-state index contributed by atoms with van der Waals surface area (Å²) >= 11 is 34.5. The number of benzene rings is 2. The van der Waals surface area contributed by atoms with Crippen molar-refractivity contribution in [1.29, 1.82) is 0 Å². The Kier molecular flexibility index (Phi) is 18.1. The van der Waals surface area contributed by atoms with E-state index in [0.29, 0.717) is 10.7 Å². The van der Waals surface area contributed by atoms with Crippen LogP contribution in [-0.2, 0) is 4.57 Å². The lowest BCUT2D eigenvalue weighted by molar-refractivity contribution is -0.884. The zero-order valence-electron chi connectivity index (χ0n) is 33.4. The van der Waals surface area contributed by atoms with Gasteiger partial charge in [-0.25, -0.2) is 4.98 Å². The molecule has 0 radical (unpaired) electrons. The molecular weight excluding hydrogens is 924 g/mol. The summed E-state index contributed by atoms with van der Waals surface area (Å²) < 4.78 is 20.6. The van der Waals surface area contributed by atoms with E-state index in [-0.39, 0.29) is 12.1 Å². The standard InChI is InChI=1S/C20H25ClN2O2.C20H27N2O3.CHCl3.Cl3OP/c1-3-12-11-23-7-6-13(12)8-18(23)20(24)16-10-19(21)22-17-5-4-14(25-2)9-15(16)17;1-3-13-12-21-8-6-14(13)10-19(21)20(23)16-7-9-22(24)18-5-4-15(25-2)11-17(16)18;2-1(3)4;1-5(2,3)4/h4-5,9-10,12-13,18,20,24H,3,6-8,11H2,1-2H3;4-5,7,9,11,13-14,19-20,23-24H,3,6,8,10,12H2,1-2H3;1H;/q;+1;;/t12?,13?,18?,20-;13?,14?,19?,20-;;/m00../s1. The number of piperidine rings is 6. The van der Waals surface area contributed by atoms with Gasteiger partial charge >= 0.3 is 5.20 Å². The summed E-state index contributed by atoms with van der Waals surface area (Å²) in [5.74, 6) is 4.49. The van der Waals surface area contributed by atoms with E-state index in [4.69, 9.17) is 55.9 Å². The van der Waals surface area contributed by atoms with Crippen LogP contribution in [0.3, 0.4) is 0 Å². The predicted molar refractivity (Wildman–Crippen MR) is 241 cm³/mol. The van der Waals surface area contributed by atoms with Crippen LogP contribution in [0.4, 0.5) is 0 Å². The molecule has 2 aromatic heterocycles. The van der Waals surface area contributed by atoms with Crippen molar-refractivity contribution in [2.24, 2.45) is 23.7 Å². The fourth-order valence-electron chi connectivity index (χ4n) is 9.58. The van der Waals surface area contributed by atoms with E-state index in [2.05, 4.69) is 62.4 Å². The predicted octanol–water partition coefficient (Wildman–Crippen LogP) is 11.4. The second kappa shape index (κ2) is 21.9. The highest BCUT2D eigenvalue weighted by atomic mass is 36.0. The molecule has 8 unspecified atom stereocenters. The highest BCUT2D eigenvalue weighted by Crippen LogP contribution is 2.61. The molecule has 8 heterocycles. The Morgan fingerprint density at radius 2 is 1.27 bits per heavy atom. The number of aliphatic hydroxyl groups excluding tert-OH is 2. The van der Waals surface area contributed by atoms with Crippen LogP contribution < -0.4 is 14.2 Å². The number of hydrogen-bond donors (Lipinski definition) is 3. The van der Waals surface area contributed by atoms with E-state index >= 15 is 0 Å². The third-order valence-corrected chi connectivity index (χ3v) is 12.7. The van der Waals surface area contributed by atoms with E-state index in [0.717, 1.165) is 106 Å². The van der Waals surface area contributed by atoms with Crippen LogP contribution in [0.15, 0.2) is 54.7 Å². The highest BCUT2D eigenvalue weighted by Gasteiger charge is 2.44. The normalized spacial score (nSPS) is 26.8. The minimum Gasteiger partial charge on any atom is -0.497 e. The van der Waals surface area contributed by atoms with Gasteiger partial charge in [0.1, 0.15) is 16.7 Å². The van der Waals surface area contributed by atoms with Gasteiger partial charge in [0, 0.05) is 53.0 Å². The molecule has 3 N–H and O–H groups in total. The quantitative estimate of drug-likeness (QED) is 0.0521. The van der Waals surface area contributed by atoms with Crippen molar-refractivity contribution in [2.75, 3.05) is 40.4 Å². The first-order valence-electron chi connectivity index (χ1n) is 19.8. The summed E-state index contributed by atoms with van der Waals surface area (Å²) in [5.41, 5.74) is 3.20. The Labute approximate surface area is 381 Å². The first kappa shape index (κ1) is 48.8.